The Morgan fingerprint density at radius 2 is 1.94 bits per heavy atom. The van der Waals surface area contributed by atoms with E-state index in [1.165, 1.54) is 0 Å². The number of aromatic amines is 1. The second-order valence-electron chi connectivity index (χ2n) is 7.75. The van der Waals surface area contributed by atoms with Crippen molar-refractivity contribution in [1.29, 1.82) is 0 Å². The summed E-state index contributed by atoms with van der Waals surface area (Å²) in [6.45, 7) is 2.00. The average Bonchev–Trinajstić information content (AvgIpc) is 3.49. The highest BCUT2D eigenvalue weighted by molar-refractivity contribution is 6.35. The molecule has 5 rings (SSSR count). The molecule has 0 fully saturated rings. The number of halogens is 2. The van der Waals surface area contributed by atoms with E-state index in [1.54, 1.807) is 47.4 Å². The predicted octanol–water partition coefficient (Wildman–Crippen LogP) is 4.91. The van der Waals surface area contributed by atoms with Gasteiger partial charge < -0.3 is 5.32 Å². The molecule has 35 heavy (non-hydrogen) atoms. The molecule has 0 saturated heterocycles. The SMILES string of the molecule is Cc1ccc(-c2c(Cc3nn[nH]n3)c(C(=O)Nc3cccnc3)nn2-c2ccc(Cl)cc2Cl)cc1. The van der Waals surface area contributed by atoms with Crippen LogP contribution in [-0.4, -0.2) is 41.3 Å². The Kier molecular flexibility index (Phi) is 6.26. The van der Waals surface area contributed by atoms with E-state index in [9.17, 15) is 4.79 Å². The number of rotatable bonds is 6. The van der Waals surface area contributed by atoms with Crippen LogP contribution in [0.5, 0.6) is 0 Å². The van der Waals surface area contributed by atoms with E-state index in [2.05, 4.69) is 30.9 Å². The Morgan fingerprint density at radius 1 is 1.11 bits per heavy atom. The number of aryl methyl sites for hydroxylation is 1. The molecule has 0 atom stereocenters. The second-order valence-corrected chi connectivity index (χ2v) is 8.59. The molecule has 0 aliphatic heterocycles. The molecule has 0 bridgehead atoms. The van der Waals surface area contributed by atoms with E-state index < -0.39 is 5.91 Å². The number of hydrogen-bond acceptors (Lipinski definition) is 6. The average molecular weight is 505 g/mol. The maximum absolute atomic E-state index is 13.5. The van der Waals surface area contributed by atoms with Crippen LogP contribution in [0.15, 0.2) is 67.0 Å². The standard InChI is InChI=1S/C24H18Cl2N8O/c1-14-4-6-15(7-5-14)23-18(12-21-29-32-33-30-21)22(24(35)28-17-3-2-10-27-13-17)31-34(23)20-9-8-16(25)11-19(20)26/h2-11,13H,12H2,1H3,(H,28,35)(H,29,30,32,33). The molecule has 2 N–H and O–H groups in total. The molecule has 0 aliphatic carbocycles. The van der Waals surface area contributed by atoms with Crippen molar-refractivity contribution in [2.75, 3.05) is 5.32 Å². The fourth-order valence-electron chi connectivity index (χ4n) is 3.68. The van der Waals surface area contributed by atoms with Crippen LogP contribution in [0.3, 0.4) is 0 Å². The molecular weight excluding hydrogens is 487 g/mol. The molecule has 5 aromatic rings. The molecule has 1 amide bonds. The summed E-state index contributed by atoms with van der Waals surface area (Å²) in [6.07, 6.45) is 3.40. The molecule has 0 unspecified atom stereocenters. The van der Waals surface area contributed by atoms with E-state index in [0.717, 1.165) is 11.1 Å². The van der Waals surface area contributed by atoms with Gasteiger partial charge in [0.05, 0.1) is 28.3 Å². The summed E-state index contributed by atoms with van der Waals surface area (Å²) in [5.74, 6) is 0.00392. The maximum Gasteiger partial charge on any atom is 0.276 e. The second kappa shape index (κ2) is 9.65. The Bertz CT molecular complexity index is 1480. The number of pyridine rings is 1. The van der Waals surface area contributed by atoms with Gasteiger partial charge >= 0.3 is 0 Å². The minimum atomic E-state index is -0.409. The van der Waals surface area contributed by atoms with Crippen LogP contribution in [0.2, 0.25) is 10.0 Å². The van der Waals surface area contributed by atoms with Gasteiger partial charge in [-0.1, -0.05) is 58.2 Å². The largest absolute Gasteiger partial charge is 0.319 e. The van der Waals surface area contributed by atoms with Gasteiger partial charge in [-0.3, -0.25) is 9.78 Å². The van der Waals surface area contributed by atoms with Gasteiger partial charge in [0.15, 0.2) is 11.5 Å². The number of hydrogen-bond donors (Lipinski definition) is 2. The van der Waals surface area contributed by atoms with Gasteiger partial charge in [0.1, 0.15) is 0 Å². The Labute approximate surface area is 210 Å². The zero-order valence-electron chi connectivity index (χ0n) is 18.4. The van der Waals surface area contributed by atoms with Crippen molar-refractivity contribution < 1.29 is 4.79 Å². The molecule has 0 radical (unpaired) electrons. The topological polar surface area (TPSA) is 114 Å². The Balaban J connectivity index is 1.73. The minimum Gasteiger partial charge on any atom is -0.319 e. The summed E-state index contributed by atoms with van der Waals surface area (Å²) in [5.41, 5.74) is 4.53. The molecule has 11 heteroatoms. The van der Waals surface area contributed by atoms with Gasteiger partial charge in [0.2, 0.25) is 0 Å². The molecule has 0 spiro atoms. The van der Waals surface area contributed by atoms with Crippen LogP contribution in [0.1, 0.15) is 27.4 Å². The van der Waals surface area contributed by atoms with Gasteiger partial charge in [-0.25, -0.2) is 4.68 Å². The van der Waals surface area contributed by atoms with E-state index >= 15 is 0 Å². The fraction of sp³-hybridized carbons (Fsp3) is 0.0833. The number of carbonyl (C=O) groups excluding carboxylic acids is 1. The Hall–Kier alpha value is -4.08. The summed E-state index contributed by atoms with van der Waals surface area (Å²) in [4.78, 5) is 17.5. The van der Waals surface area contributed by atoms with Crippen LogP contribution in [0, 0.1) is 6.92 Å². The third-order valence-corrected chi connectivity index (χ3v) is 5.84. The molecule has 3 heterocycles. The van der Waals surface area contributed by atoms with Crippen LogP contribution in [-0.2, 0) is 6.42 Å². The lowest BCUT2D eigenvalue weighted by molar-refractivity contribution is 0.102. The van der Waals surface area contributed by atoms with Crippen LogP contribution < -0.4 is 5.32 Å². The first-order valence-electron chi connectivity index (χ1n) is 10.6. The van der Waals surface area contributed by atoms with E-state index in [1.807, 2.05) is 31.2 Å². The molecule has 3 aromatic heterocycles. The van der Waals surface area contributed by atoms with E-state index in [0.29, 0.717) is 38.5 Å². The third-order valence-electron chi connectivity index (χ3n) is 5.30. The summed E-state index contributed by atoms with van der Waals surface area (Å²) >= 11 is 12.7. The summed E-state index contributed by atoms with van der Waals surface area (Å²) < 4.78 is 1.65. The fourth-order valence-corrected chi connectivity index (χ4v) is 4.17. The lowest BCUT2D eigenvalue weighted by Gasteiger charge is -2.12. The van der Waals surface area contributed by atoms with Crippen molar-refractivity contribution in [3.05, 3.63) is 99.7 Å². The number of aromatic nitrogens is 7. The van der Waals surface area contributed by atoms with Crippen LogP contribution in [0.4, 0.5) is 5.69 Å². The molecule has 0 saturated carbocycles. The highest BCUT2D eigenvalue weighted by Gasteiger charge is 2.27. The zero-order chi connectivity index (χ0) is 24.4. The number of H-pyrrole nitrogens is 1. The van der Waals surface area contributed by atoms with Crippen molar-refractivity contribution in [2.45, 2.75) is 13.3 Å². The summed E-state index contributed by atoms with van der Waals surface area (Å²) in [5, 5.41) is 22.7. The van der Waals surface area contributed by atoms with Gasteiger partial charge in [-0.05, 0) is 37.3 Å². The van der Waals surface area contributed by atoms with Crippen molar-refractivity contribution in [1.82, 2.24) is 35.4 Å². The predicted molar refractivity (Wildman–Crippen MR) is 133 cm³/mol. The molecular formula is C24H18Cl2N8O. The normalized spacial score (nSPS) is 10.9. The lowest BCUT2D eigenvalue weighted by atomic mass is 10.0. The van der Waals surface area contributed by atoms with Gasteiger partial charge in [-0.2, -0.15) is 10.3 Å². The van der Waals surface area contributed by atoms with Gasteiger partial charge in [0.25, 0.3) is 5.91 Å². The quantitative estimate of drug-likeness (QED) is 0.339. The zero-order valence-corrected chi connectivity index (χ0v) is 19.9. The first-order valence-corrected chi connectivity index (χ1v) is 11.3. The maximum atomic E-state index is 13.5. The highest BCUT2D eigenvalue weighted by atomic mass is 35.5. The molecule has 2 aromatic carbocycles. The van der Waals surface area contributed by atoms with Crippen molar-refractivity contribution in [2.24, 2.45) is 0 Å². The first kappa shape index (κ1) is 22.7. The van der Waals surface area contributed by atoms with Crippen molar-refractivity contribution in [3.8, 4) is 16.9 Å². The summed E-state index contributed by atoms with van der Waals surface area (Å²) in [6, 6.07) is 16.5. The van der Waals surface area contributed by atoms with Crippen molar-refractivity contribution in [3.63, 3.8) is 0 Å². The molecule has 9 nitrogen and oxygen atoms in total. The van der Waals surface area contributed by atoms with Crippen molar-refractivity contribution >= 4 is 34.8 Å². The summed E-state index contributed by atoms with van der Waals surface area (Å²) in [7, 11) is 0. The van der Waals surface area contributed by atoms with Gasteiger partial charge in [0, 0.05) is 28.8 Å². The van der Waals surface area contributed by atoms with Crippen LogP contribution >= 0.6 is 23.2 Å². The first-order chi connectivity index (χ1) is 17.0. The number of amides is 1. The van der Waals surface area contributed by atoms with E-state index in [-0.39, 0.29) is 12.1 Å². The Morgan fingerprint density at radius 3 is 2.63 bits per heavy atom. The number of carbonyl (C=O) groups is 1. The monoisotopic (exact) mass is 504 g/mol. The smallest absolute Gasteiger partial charge is 0.276 e. The van der Waals surface area contributed by atoms with Gasteiger partial charge in [-0.15, -0.1) is 10.2 Å². The minimum absolute atomic E-state index is 0.195. The highest BCUT2D eigenvalue weighted by Crippen LogP contribution is 2.34. The van der Waals surface area contributed by atoms with E-state index in [4.69, 9.17) is 28.3 Å². The molecule has 174 valence electrons. The van der Waals surface area contributed by atoms with Crippen LogP contribution in [0.25, 0.3) is 16.9 Å². The molecule has 0 aliphatic rings. The lowest BCUT2D eigenvalue weighted by Crippen LogP contribution is -2.15. The number of tetrazole rings is 1. The number of benzene rings is 2. The number of nitrogens with zero attached hydrogens (tertiary/aromatic N) is 6. The third kappa shape index (κ3) is 4.77. The number of nitrogens with one attached hydrogen (secondary N) is 2. The number of anilines is 1.